The zero-order valence-electron chi connectivity index (χ0n) is 20.9. The van der Waals surface area contributed by atoms with Crippen molar-refractivity contribution in [1.82, 2.24) is 20.4 Å². The third kappa shape index (κ3) is 8.21. The highest BCUT2D eigenvalue weighted by atomic mass is 16.6. The van der Waals surface area contributed by atoms with Crippen molar-refractivity contribution < 1.29 is 33.8 Å². The van der Waals surface area contributed by atoms with Crippen LogP contribution in [0.2, 0.25) is 0 Å². The predicted octanol–water partition coefficient (Wildman–Crippen LogP) is 0.965. The molecule has 188 valence electrons. The summed E-state index contributed by atoms with van der Waals surface area (Å²) >= 11 is 0. The van der Waals surface area contributed by atoms with Crippen molar-refractivity contribution >= 4 is 29.8 Å². The summed E-state index contributed by atoms with van der Waals surface area (Å²) in [5, 5.41) is 13.8. The number of amides is 4. The SMILES string of the molecule is CC(C(=O)NC(C(=O)N1CCCC1C(=O)NCC(=O)O)C(C)(C)C)N(C)C(=O)OC(C)(C)C. The van der Waals surface area contributed by atoms with Gasteiger partial charge < -0.3 is 25.4 Å². The zero-order valence-corrected chi connectivity index (χ0v) is 20.9. The molecule has 0 aromatic rings. The summed E-state index contributed by atoms with van der Waals surface area (Å²) in [5.41, 5.74) is -1.42. The summed E-state index contributed by atoms with van der Waals surface area (Å²) in [7, 11) is 1.44. The monoisotopic (exact) mass is 470 g/mol. The minimum atomic E-state index is -1.18. The van der Waals surface area contributed by atoms with Crippen LogP contribution in [0.25, 0.3) is 0 Å². The van der Waals surface area contributed by atoms with Gasteiger partial charge in [0.2, 0.25) is 17.7 Å². The Morgan fingerprint density at radius 2 is 1.70 bits per heavy atom. The molecule has 1 fully saturated rings. The first kappa shape index (κ1) is 28.2. The highest BCUT2D eigenvalue weighted by molar-refractivity contribution is 5.95. The molecule has 3 N–H and O–H groups in total. The number of nitrogens with zero attached hydrogens (tertiary/aromatic N) is 2. The Labute approximate surface area is 195 Å². The number of rotatable bonds is 7. The number of likely N-dealkylation sites (N-methyl/N-ethyl adjacent to an activating group) is 1. The van der Waals surface area contributed by atoms with E-state index in [4.69, 9.17) is 9.84 Å². The molecule has 1 rings (SSSR count). The fraction of sp³-hybridized carbons (Fsp3) is 0.773. The molecule has 0 spiro atoms. The van der Waals surface area contributed by atoms with Gasteiger partial charge in [0, 0.05) is 13.6 Å². The molecule has 1 aliphatic heterocycles. The number of likely N-dealkylation sites (tertiary alicyclic amines) is 1. The van der Waals surface area contributed by atoms with Gasteiger partial charge in [0.05, 0.1) is 0 Å². The van der Waals surface area contributed by atoms with Crippen molar-refractivity contribution in [3.05, 3.63) is 0 Å². The largest absolute Gasteiger partial charge is 0.480 e. The van der Waals surface area contributed by atoms with Gasteiger partial charge in [0.1, 0.15) is 30.3 Å². The maximum atomic E-state index is 13.4. The minimum Gasteiger partial charge on any atom is -0.480 e. The van der Waals surface area contributed by atoms with Crippen LogP contribution in [0.1, 0.15) is 61.3 Å². The van der Waals surface area contributed by atoms with E-state index in [1.165, 1.54) is 18.9 Å². The molecule has 1 saturated heterocycles. The van der Waals surface area contributed by atoms with Crippen molar-refractivity contribution in [1.29, 1.82) is 0 Å². The Kier molecular flexibility index (Phi) is 9.26. The molecule has 11 heteroatoms. The molecule has 0 radical (unpaired) electrons. The van der Waals surface area contributed by atoms with Crippen LogP contribution in [0.5, 0.6) is 0 Å². The normalized spacial score (nSPS) is 18.2. The highest BCUT2D eigenvalue weighted by Crippen LogP contribution is 2.26. The molecule has 33 heavy (non-hydrogen) atoms. The summed E-state index contributed by atoms with van der Waals surface area (Å²) in [6.07, 6.45) is 0.317. The second-order valence-electron chi connectivity index (χ2n) is 10.4. The van der Waals surface area contributed by atoms with E-state index in [9.17, 15) is 24.0 Å². The molecule has 1 heterocycles. The van der Waals surface area contributed by atoms with Crippen LogP contribution < -0.4 is 10.6 Å². The van der Waals surface area contributed by atoms with E-state index in [2.05, 4.69) is 10.6 Å². The van der Waals surface area contributed by atoms with E-state index < -0.39 is 65.5 Å². The molecular weight excluding hydrogens is 432 g/mol. The quantitative estimate of drug-likeness (QED) is 0.502. The lowest BCUT2D eigenvalue weighted by Crippen LogP contribution is -2.60. The molecule has 4 amide bonds. The molecule has 3 unspecified atom stereocenters. The smallest absolute Gasteiger partial charge is 0.410 e. The lowest BCUT2D eigenvalue weighted by molar-refractivity contribution is -0.145. The van der Waals surface area contributed by atoms with Crippen LogP contribution in [0.4, 0.5) is 4.79 Å². The lowest BCUT2D eigenvalue weighted by atomic mass is 9.85. The van der Waals surface area contributed by atoms with Crippen molar-refractivity contribution in [2.75, 3.05) is 20.1 Å². The highest BCUT2D eigenvalue weighted by Gasteiger charge is 2.42. The van der Waals surface area contributed by atoms with Gasteiger partial charge in [-0.25, -0.2) is 4.79 Å². The second kappa shape index (κ2) is 10.8. The Morgan fingerprint density at radius 3 is 2.18 bits per heavy atom. The second-order valence-corrected chi connectivity index (χ2v) is 10.4. The summed E-state index contributed by atoms with van der Waals surface area (Å²) in [4.78, 5) is 64.4. The summed E-state index contributed by atoms with van der Waals surface area (Å²) in [5.74, 6) is -2.69. The van der Waals surface area contributed by atoms with Crippen LogP contribution in [0, 0.1) is 5.41 Å². The van der Waals surface area contributed by atoms with Crippen molar-refractivity contribution in [3.63, 3.8) is 0 Å². The van der Waals surface area contributed by atoms with Gasteiger partial charge in [-0.2, -0.15) is 0 Å². The third-order valence-corrected chi connectivity index (χ3v) is 5.29. The number of carboxylic acid groups (broad SMARTS) is 1. The maximum Gasteiger partial charge on any atom is 0.410 e. The molecule has 0 saturated carbocycles. The van der Waals surface area contributed by atoms with Crippen molar-refractivity contribution in [3.8, 4) is 0 Å². The molecule has 11 nitrogen and oxygen atoms in total. The van der Waals surface area contributed by atoms with E-state index >= 15 is 0 Å². The number of aliphatic carboxylic acids is 1. The number of hydrogen-bond donors (Lipinski definition) is 3. The first-order valence-corrected chi connectivity index (χ1v) is 11.0. The molecule has 0 aliphatic carbocycles. The van der Waals surface area contributed by atoms with Gasteiger partial charge >= 0.3 is 12.1 Å². The average Bonchev–Trinajstić information content (AvgIpc) is 3.16. The van der Waals surface area contributed by atoms with Crippen molar-refractivity contribution in [2.45, 2.75) is 85.0 Å². The molecule has 0 bridgehead atoms. The Bertz CT molecular complexity index is 770. The van der Waals surface area contributed by atoms with Crippen LogP contribution >= 0.6 is 0 Å². The van der Waals surface area contributed by atoms with Crippen LogP contribution in [-0.2, 0) is 23.9 Å². The Morgan fingerprint density at radius 1 is 1.12 bits per heavy atom. The number of nitrogens with one attached hydrogen (secondary N) is 2. The third-order valence-electron chi connectivity index (χ3n) is 5.29. The number of hydrogen-bond acceptors (Lipinski definition) is 6. The fourth-order valence-electron chi connectivity index (χ4n) is 3.33. The molecule has 0 aromatic heterocycles. The van der Waals surface area contributed by atoms with Gasteiger partial charge in [0.15, 0.2) is 0 Å². The number of carbonyl (C=O) groups is 5. The Hall–Kier alpha value is -2.85. The van der Waals surface area contributed by atoms with E-state index in [1.807, 2.05) is 0 Å². The first-order chi connectivity index (χ1) is 15.0. The van der Waals surface area contributed by atoms with Gasteiger partial charge in [-0.05, 0) is 46.0 Å². The Balaban J connectivity index is 2.98. The van der Waals surface area contributed by atoms with Gasteiger partial charge in [-0.1, -0.05) is 20.8 Å². The molecular formula is C22H38N4O7. The van der Waals surface area contributed by atoms with E-state index in [-0.39, 0.29) is 0 Å². The molecule has 3 atom stereocenters. The summed E-state index contributed by atoms with van der Waals surface area (Å²) < 4.78 is 5.30. The number of ether oxygens (including phenoxy) is 1. The van der Waals surface area contributed by atoms with Gasteiger partial charge in [-0.3, -0.25) is 24.1 Å². The van der Waals surface area contributed by atoms with Gasteiger partial charge in [-0.15, -0.1) is 0 Å². The zero-order chi connectivity index (χ0) is 25.7. The van der Waals surface area contributed by atoms with Gasteiger partial charge in [0.25, 0.3) is 0 Å². The minimum absolute atomic E-state index is 0.319. The van der Waals surface area contributed by atoms with E-state index in [0.717, 1.165) is 4.90 Å². The fourth-order valence-corrected chi connectivity index (χ4v) is 3.33. The van der Waals surface area contributed by atoms with E-state index in [0.29, 0.717) is 19.4 Å². The number of carboxylic acids is 1. The topological polar surface area (TPSA) is 145 Å². The van der Waals surface area contributed by atoms with Crippen LogP contribution in [0.3, 0.4) is 0 Å². The number of carbonyl (C=O) groups excluding carboxylic acids is 4. The molecule has 1 aliphatic rings. The lowest BCUT2D eigenvalue weighted by Gasteiger charge is -2.36. The maximum absolute atomic E-state index is 13.4. The van der Waals surface area contributed by atoms with E-state index in [1.54, 1.807) is 41.5 Å². The summed E-state index contributed by atoms with van der Waals surface area (Å²) in [6, 6.07) is -2.68. The standard InChI is InChI=1S/C22H38N4O7/c1-13(25(8)20(32)33-22(5,6)7)17(29)24-16(21(2,3)4)19(31)26-11-9-10-14(26)18(30)23-12-15(27)28/h13-14,16H,9-12H2,1-8H3,(H,23,30)(H,24,29)(H,27,28). The van der Waals surface area contributed by atoms with Crippen molar-refractivity contribution in [2.24, 2.45) is 5.41 Å². The van der Waals surface area contributed by atoms with Crippen LogP contribution in [0.15, 0.2) is 0 Å². The molecule has 0 aromatic carbocycles. The first-order valence-electron chi connectivity index (χ1n) is 11.0. The summed E-state index contributed by atoms with van der Waals surface area (Å²) in [6.45, 7) is 11.8. The predicted molar refractivity (Wildman–Crippen MR) is 120 cm³/mol. The average molecular weight is 471 g/mol. The van der Waals surface area contributed by atoms with Crippen LogP contribution in [-0.4, -0.2) is 88.6 Å².